The first-order chi connectivity index (χ1) is 13.6. The predicted octanol–water partition coefficient (Wildman–Crippen LogP) is 3.95. The number of fused-ring (bicyclic) bond motifs is 1. The largest absolute Gasteiger partial charge is 0.495 e. The molecule has 28 heavy (non-hydrogen) atoms. The molecule has 0 spiro atoms. The molecule has 3 aromatic rings. The van der Waals surface area contributed by atoms with Crippen molar-refractivity contribution in [1.29, 1.82) is 0 Å². The van der Waals surface area contributed by atoms with Gasteiger partial charge in [0, 0.05) is 18.8 Å². The molecule has 2 aromatic carbocycles. The first-order valence-electron chi connectivity index (χ1n) is 8.92. The number of benzene rings is 2. The number of rotatable bonds is 4. The van der Waals surface area contributed by atoms with Gasteiger partial charge in [0.2, 0.25) is 0 Å². The third-order valence-corrected chi connectivity index (χ3v) is 5.03. The molecule has 2 heterocycles. The quantitative estimate of drug-likeness (QED) is 0.725. The van der Waals surface area contributed by atoms with E-state index in [0.29, 0.717) is 16.5 Å². The number of nitrogens with one attached hydrogen (secondary N) is 1. The van der Waals surface area contributed by atoms with Gasteiger partial charge in [0.05, 0.1) is 24.5 Å². The van der Waals surface area contributed by atoms with Crippen LogP contribution < -0.4 is 15.0 Å². The second kappa shape index (κ2) is 7.86. The van der Waals surface area contributed by atoms with Gasteiger partial charge >= 0.3 is 0 Å². The van der Waals surface area contributed by atoms with Gasteiger partial charge in [-0.25, -0.2) is 9.97 Å². The molecule has 0 fully saturated rings. The first kappa shape index (κ1) is 18.3. The standard InChI is InChI=1S/C21H19ClN4O2/c1-28-19-7-6-16(10-17(19)22)25-21(27)18-11-24-20(12-23-18)26-9-8-14-4-2-3-5-15(14)13-26/h2-7,10-12H,8-9,13H2,1H3,(H,25,27). The van der Waals surface area contributed by atoms with Gasteiger partial charge in [-0.3, -0.25) is 4.79 Å². The predicted molar refractivity (Wildman–Crippen MR) is 109 cm³/mol. The lowest BCUT2D eigenvalue weighted by Crippen LogP contribution is -2.31. The fourth-order valence-corrected chi connectivity index (χ4v) is 3.49. The number of amides is 1. The maximum Gasteiger partial charge on any atom is 0.275 e. The molecule has 7 heteroatoms. The number of carbonyl (C=O) groups excluding carboxylic acids is 1. The van der Waals surface area contributed by atoms with Gasteiger partial charge in [0.15, 0.2) is 0 Å². The molecule has 1 aliphatic heterocycles. The molecule has 1 N–H and O–H groups in total. The van der Waals surface area contributed by atoms with E-state index in [1.54, 1.807) is 24.4 Å². The van der Waals surface area contributed by atoms with Gasteiger partial charge in [-0.1, -0.05) is 35.9 Å². The van der Waals surface area contributed by atoms with Crippen molar-refractivity contribution < 1.29 is 9.53 Å². The summed E-state index contributed by atoms with van der Waals surface area (Å²) in [4.78, 5) is 23.3. The summed E-state index contributed by atoms with van der Waals surface area (Å²) >= 11 is 6.09. The third-order valence-electron chi connectivity index (χ3n) is 4.74. The van der Waals surface area contributed by atoms with Crippen LogP contribution in [0.25, 0.3) is 0 Å². The zero-order chi connectivity index (χ0) is 19.5. The summed E-state index contributed by atoms with van der Waals surface area (Å²) in [6.45, 7) is 1.67. The Hall–Kier alpha value is -3.12. The Morgan fingerprint density at radius 3 is 2.68 bits per heavy atom. The molecule has 0 saturated carbocycles. The Labute approximate surface area is 168 Å². The molecule has 0 unspecified atom stereocenters. The normalized spacial score (nSPS) is 13.0. The average molecular weight is 395 g/mol. The molecule has 1 aliphatic rings. The summed E-state index contributed by atoms with van der Waals surface area (Å²) in [6.07, 6.45) is 4.11. The topological polar surface area (TPSA) is 67.3 Å². The highest BCUT2D eigenvalue weighted by Crippen LogP contribution is 2.27. The fraction of sp³-hybridized carbons (Fsp3) is 0.190. The smallest absolute Gasteiger partial charge is 0.275 e. The minimum absolute atomic E-state index is 0.244. The van der Waals surface area contributed by atoms with Crippen LogP contribution in [-0.4, -0.2) is 29.5 Å². The lowest BCUT2D eigenvalue weighted by atomic mass is 10.0. The van der Waals surface area contributed by atoms with Crippen LogP contribution in [0, 0.1) is 0 Å². The fourth-order valence-electron chi connectivity index (χ4n) is 3.23. The van der Waals surface area contributed by atoms with Crippen LogP contribution in [0.4, 0.5) is 11.5 Å². The second-order valence-corrected chi connectivity index (χ2v) is 6.91. The average Bonchev–Trinajstić information content (AvgIpc) is 2.73. The van der Waals surface area contributed by atoms with Crippen molar-refractivity contribution in [2.75, 3.05) is 23.9 Å². The number of anilines is 2. The lowest BCUT2D eigenvalue weighted by Gasteiger charge is -2.29. The molecule has 4 rings (SSSR count). The molecule has 6 nitrogen and oxygen atoms in total. The van der Waals surface area contributed by atoms with Gasteiger partial charge in [-0.05, 0) is 35.7 Å². The van der Waals surface area contributed by atoms with Crippen molar-refractivity contribution in [2.45, 2.75) is 13.0 Å². The number of aromatic nitrogens is 2. The number of hydrogen-bond donors (Lipinski definition) is 1. The summed E-state index contributed by atoms with van der Waals surface area (Å²) in [6, 6.07) is 13.5. The van der Waals surface area contributed by atoms with Gasteiger partial charge in [-0.2, -0.15) is 0 Å². The van der Waals surface area contributed by atoms with Crippen molar-refractivity contribution in [3.8, 4) is 5.75 Å². The van der Waals surface area contributed by atoms with Crippen LogP contribution in [0.3, 0.4) is 0 Å². The number of carbonyl (C=O) groups is 1. The Kier molecular flexibility index (Phi) is 5.12. The highest BCUT2D eigenvalue weighted by Gasteiger charge is 2.18. The zero-order valence-corrected chi connectivity index (χ0v) is 16.1. The molecular formula is C21H19ClN4O2. The maximum atomic E-state index is 12.4. The molecule has 0 saturated heterocycles. The highest BCUT2D eigenvalue weighted by molar-refractivity contribution is 6.32. The van der Waals surface area contributed by atoms with Crippen molar-refractivity contribution in [3.63, 3.8) is 0 Å². The summed E-state index contributed by atoms with van der Waals surface area (Å²) < 4.78 is 5.11. The first-order valence-corrected chi connectivity index (χ1v) is 9.30. The molecule has 0 aliphatic carbocycles. The lowest BCUT2D eigenvalue weighted by molar-refractivity contribution is 0.102. The maximum absolute atomic E-state index is 12.4. The van der Waals surface area contributed by atoms with Crippen LogP contribution in [-0.2, 0) is 13.0 Å². The molecular weight excluding hydrogens is 376 g/mol. The van der Waals surface area contributed by atoms with Crippen molar-refractivity contribution in [3.05, 3.63) is 76.7 Å². The minimum Gasteiger partial charge on any atom is -0.495 e. The highest BCUT2D eigenvalue weighted by atomic mass is 35.5. The summed E-state index contributed by atoms with van der Waals surface area (Å²) in [5, 5.41) is 3.19. The van der Waals surface area contributed by atoms with Gasteiger partial charge in [0.1, 0.15) is 17.3 Å². The van der Waals surface area contributed by atoms with E-state index in [2.05, 4.69) is 38.4 Å². The van der Waals surface area contributed by atoms with Crippen LogP contribution >= 0.6 is 11.6 Å². The molecule has 1 amide bonds. The minimum atomic E-state index is -0.343. The Balaban J connectivity index is 1.44. The van der Waals surface area contributed by atoms with Crippen LogP contribution in [0.5, 0.6) is 5.75 Å². The summed E-state index contributed by atoms with van der Waals surface area (Å²) in [7, 11) is 1.54. The summed E-state index contributed by atoms with van der Waals surface area (Å²) in [5.41, 5.74) is 3.48. The van der Waals surface area contributed by atoms with E-state index >= 15 is 0 Å². The van der Waals surface area contributed by atoms with E-state index in [-0.39, 0.29) is 11.6 Å². The van der Waals surface area contributed by atoms with Crippen LogP contribution in [0.2, 0.25) is 5.02 Å². The number of hydrogen-bond acceptors (Lipinski definition) is 5. The van der Waals surface area contributed by atoms with E-state index in [4.69, 9.17) is 16.3 Å². The monoisotopic (exact) mass is 394 g/mol. The Bertz CT molecular complexity index is 1010. The van der Waals surface area contributed by atoms with E-state index in [1.165, 1.54) is 24.4 Å². The van der Waals surface area contributed by atoms with Gasteiger partial charge in [-0.15, -0.1) is 0 Å². The number of nitrogens with zero attached hydrogens (tertiary/aromatic N) is 3. The number of methoxy groups -OCH3 is 1. The van der Waals surface area contributed by atoms with E-state index < -0.39 is 0 Å². The molecule has 0 radical (unpaired) electrons. The van der Waals surface area contributed by atoms with Crippen LogP contribution in [0.1, 0.15) is 21.6 Å². The molecule has 0 atom stereocenters. The van der Waals surface area contributed by atoms with Crippen molar-refractivity contribution in [1.82, 2.24) is 9.97 Å². The number of ether oxygens (including phenoxy) is 1. The molecule has 142 valence electrons. The third kappa shape index (κ3) is 3.77. The summed E-state index contributed by atoms with van der Waals surface area (Å²) in [5.74, 6) is 0.967. The molecule has 0 bridgehead atoms. The molecule has 1 aromatic heterocycles. The SMILES string of the molecule is COc1ccc(NC(=O)c2cnc(N3CCc4ccccc4C3)cn2)cc1Cl. The Morgan fingerprint density at radius 2 is 1.96 bits per heavy atom. The van der Waals surface area contributed by atoms with E-state index in [9.17, 15) is 4.79 Å². The van der Waals surface area contributed by atoms with Crippen molar-refractivity contribution >= 4 is 29.0 Å². The second-order valence-electron chi connectivity index (χ2n) is 6.50. The Morgan fingerprint density at radius 1 is 1.14 bits per heavy atom. The van der Waals surface area contributed by atoms with E-state index in [0.717, 1.165) is 25.3 Å². The van der Waals surface area contributed by atoms with Crippen LogP contribution in [0.15, 0.2) is 54.9 Å². The zero-order valence-electron chi connectivity index (χ0n) is 15.4. The van der Waals surface area contributed by atoms with Gasteiger partial charge in [0.25, 0.3) is 5.91 Å². The van der Waals surface area contributed by atoms with Crippen molar-refractivity contribution in [2.24, 2.45) is 0 Å². The van der Waals surface area contributed by atoms with Gasteiger partial charge < -0.3 is 15.0 Å². The van der Waals surface area contributed by atoms with E-state index in [1.807, 2.05) is 6.07 Å². The number of halogens is 1.